The number of hydrogen-bond donors (Lipinski definition) is 1. The van der Waals surface area contributed by atoms with Crippen molar-refractivity contribution in [2.24, 2.45) is 0 Å². The zero-order valence-corrected chi connectivity index (χ0v) is 12.9. The second-order valence-corrected chi connectivity index (χ2v) is 5.05. The van der Waals surface area contributed by atoms with Crippen molar-refractivity contribution in [3.8, 4) is 0 Å². The molecule has 0 saturated heterocycles. The summed E-state index contributed by atoms with van der Waals surface area (Å²) in [5.41, 5.74) is 2.40. The maximum atomic E-state index is 14.3. The van der Waals surface area contributed by atoms with Crippen LogP contribution in [0.5, 0.6) is 0 Å². The quantitative estimate of drug-likeness (QED) is 0.916. The summed E-state index contributed by atoms with van der Waals surface area (Å²) in [5.74, 6) is -1.58. The van der Waals surface area contributed by atoms with Gasteiger partial charge in [-0.05, 0) is 38.9 Å². The van der Waals surface area contributed by atoms with Gasteiger partial charge in [0.15, 0.2) is 11.6 Å². The standard InChI is InChI=1S/C16H21F2N3/c1-5-11-9-13(21(6-2)20-11)16(19-4)12-8-7-10(3)14(17)15(12)18/h7-9,16,19H,5-6H2,1-4H3. The summed E-state index contributed by atoms with van der Waals surface area (Å²) in [6, 6.07) is 4.76. The van der Waals surface area contributed by atoms with E-state index in [-0.39, 0.29) is 0 Å². The summed E-state index contributed by atoms with van der Waals surface area (Å²) in [7, 11) is 1.74. The fourth-order valence-electron chi connectivity index (χ4n) is 2.49. The smallest absolute Gasteiger partial charge is 0.164 e. The maximum Gasteiger partial charge on any atom is 0.164 e. The van der Waals surface area contributed by atoms with Crippen molar-refractivity contribution >= 4 is 0 Å². The zero-order valence-electron chi connectivity index (χ0n) is 12.9. The van der Waals surface area contributed by atoms with Crippen molar-refractivity contribution in [2.75, 3.05) is 7.05 Å². The van der Waals surface area contributed by atoms with Gasteiger partial charge in [-0.3, -0.25) is 4.68 Å². The molecule has 1 aromatic carbocycles. The minimum atomic E-state index is -0.795. The number of halogens is 2. The Balaban J connectivity index is 2.54. The number of aromatic nitrogens is 2. The molecule has 0 radical (unpaired) electrons. The first kappa shape index (κ1) is 15.6. The molecule has 1 unspecified atom stereocenters. The molecule has 1 atom stereocenters. The van der Waals surface area contributed by atoms with Gasteiger partial charge in [-0.15, -0.1) is 0 Å². The SMILES string of the molecule is CCc1cc(C(NC)c2ccc(C)c(F)c2F)n(CC)n1. The normalized spacial score (nSPS) is 12.7. The average molecular weight is 293 g/mol. The van der Waals surface area contributed by atoms with Crippen LogP contribution in [0.2, 0.25) is 0 Å². The van der Waals surface area contributed by atoms with Gasteiger partial charge in [0.2, 0.25) is 0 Å². The second kappa shape index (κ2) is 6.35. The van der Waals surface area contributed by atoms with Crippen LogP contribution in [0.1, 0.15) is 42.4 Å². The molecule has 0 bridgehead atoms. The third-order valence-corrected chi connectivity index (χ3v) is 3.72. The lowest BCUT2D eigenvalue weighted by molar-refractivity contribution is 0.474. The molecular weight excluding hydrogens is 272 g/mol. The van der Waals surface area contributed by atoms with E-state index < -0.39 is 17.7 Å². The van der Waals surface area contributed by atoms with E-state index in [1.165, 1.54) is 0 Å². The third-order valence-electron chi connectivity index (χ3n) is 3.72. The second-order valence-electron chi connectivity index (χ2n) is 5.05. The van der Waals surface area contributed by atoms with Crippen molar-refractivity contribution in [2.45, 2.75) is 39.8 Å². The van der Waals surface area contributed by atoms with E-state index in [4.69, 9.17) is 0 Å². The first-order valence-corrected chi connectivity index (χ1v) is 7.21. The maximum absolute atomic E-state index is 14.3. The van der Waals surface area contributed by atoms with Crippen molar-refractivity contribution < 1.29 is 8.78 Å². The van der Waals surface area contributed by atoms with Crippen LogP contribution in [-0.2, 0) is 13.0 Å². The van der Waals surface area contributed by atoms with E-state index in [2.05, 4.69) is 10.4 Å². The van der Waals surface area contributed by atoms with E-state index >= 15 is 0 Å². The Morgan fingerprint density at radius 3 is 2.52 bits per heavy atom. The van der Waals surface area contributed by atoms with Crippen LogP contribution in [0.25, 0.3) is 0 Å². The molecule has 0 fully saturated rings. The predicted molar refractivity (Wildman–Crippen MR) is 79.3 cm³/mol. The van der Waals surface area contributed by atoms with Crippen LogP contribution in [-0.4, -0.2) is 16.8 Å². The van der Waals surface area contributed by atoms with Crippen molar-refractivity contribution in [3.05, 3.63) is 52.3 Å². The lowest BCUT2D eigenvalue weighted by atomic mass is 10.0. The summed E-state index contributed by atoms with van der Waals surface area (Å²) in [4.78, 5) is 0. The molecule has 5 heteroatoms. The van der Waals surface area contributed by atoms with E-state index in [1.807, 2.05) is 24.6 Å². The van der Waals surface area contributed by atoms with Gasteiger partial charge in [-0.2, -0.15) is 5.10 Å². The first-order valence-electron chi connectivity index (χ1n) is 7.21. The Labute approximate surface area is 124 Å². The average Bonchev–Trinajstić information content (AvgIpc) is 2.91. The van der Waals surface area contributed by atoms with Gasteiger partial charge < -0.3 is 5.32 Å². The summed E-state index contributed by atoms with van der Waals surface area (Å²) >= 11 is 0. The van der Waals surface area contributed by atoms with Gasteiger partial charge in [0.25, 0.3) is 0 Å². The minimum Gasteiger partial charge on any atom is -0.308 e. The number of aryl methyl sites for hydroxylation is 3. The molecule has 0 aliphatic rings. The molecular formula is C16H21F2N3. The van der Waals surface area contributed by atoms with Gasteiger partial charge in [-0.25, -0.2) is 8.78 Å². The van der Waals surface area contributed by atoms with Crippen molar-refractivity contribution in [1.82, 2.24) is 15.1 Å². The van der Waals surface area contributed by atoms with Crippen molar-refractivity contribution in [3.63, 3.8) is 0 Å². The van der Waals surface area contributed by atoms with Crippen LogP contribution in [0.3, 0.4) is 0 Å². The van der Waals surface area contributed by atoms with Crippen molar-refractivity contribution in [1.29, 1.82) is 0 Å². The van der Waals surface area contributed by atoms with Gasteiger partial charge in [-0.1, -0.05) is 19.1 Å². The fourth-order valence-corrected chi connectivity index (χ4v) is 2.49. The highest BCUT2D eigenvalue weighted by molar-refractivity contribution is 5.33. The molecule has 1 aromatic heterocycles. The van der Waals surface area contributed by atoms with E-state index in [0.717, 1.165) is 17.8 Å². The molecule has 0 amide bonds. The molecule has 1 N–H and O–H groups in total. The summed E-state index contributed by atoms with van der Waals surface area (Å²) in [6.07, 6.45) is 0.807. The topological polar surface area (TPSA) is 29.9 Å². The predicted octanol–water partition coefficient (Wildman–Crippen LogP) is 3.36. The summed E-state index contributed by atoms with van der Waals surface area (Å²) in [5, 5.41) is 7.54. The number of rotatable bonds is 5. The largest absolute Gasteiger partial charge is 0.308 e. The summed E-state index contributed by atoms with van der Waals surface area (Å²) < 4.78 is 29.9. The van der Waals surface area contributed by atoms with Crippen LogP contribution < -0.4 is 5.32 Å². The lowest BCUT2D eigenvalue weighted by Crippen LogP contribution is -2.23. The summed E-state index contributed by atoms with van der Waals surface area (Å²) in [6.45, 7) is 6.24. The van der Waals surface area contributed by atoms with Crippen LogP contribution >= 0.6 is 0 Å². The van der Waals surface area contributed by atoms with E-state index in [0.29, 0.717) is 17.7 Å². The Morgan fingerprint density at radius 2 is 1.95 bits per heavy atom. The van der Waals surface area contributed by atoms with E-state index in [1.54, 1.807) is 26.1 Å². The molecule has 21 heavy (non-hydrogen) atoms. The number of benzene rings is 1. The molecule has 0 aliphatic carbocycles. The Morgan fingerprint density at radius 1 is 1.24 bits per heavy atom. The highest BCUT2D eigenvalue weighted by atomic mass is 19.2. The molecule has 0 saturated carbocycles. The van der Waals surface area contributed by atoms with Crippen LogP contribution in [0.15, 0.2) is 18.2 Å². The van der Waals surface area contributed by atoms with Gasteiger partial charge in [0, 0.05) is 12.1 Å². The molecule has 2 aromatic rings. The lowest BCUT2D eigenvalue weighted by Gasteiger charge is -2.19. The minimum absolute atomic E-state index is 0.304. The van der Waals surface area contributed by atoms with Gasteiger partial charge in [0.1, 0.15) is 0 Å². The molecule has 114 valence electrons. The highest BCUT2D eigenvalue weighted by Gasteiger charge is 2.23. The van der Waals surface area contributed by atoms with Crippen LogP contribution in [0, 0.1) is 18.6 Å². The molecule has 1 heterocycles. The molecule has 3 nitrogen and oxygen atoms in total. The van der Waals surface area contributed by atoms with Gasteiger partial charge >= 0.3 is 0 Å². The number of nitrogens with one attached hydrogen (secondary N) is 1. The molecule has 2 rings (SSSR count). The third kappa shape index (κ3) is 2.83. The zero-order chi connectivity index (χ0) is 15.6. The monoisotopic (exact) mass is 293 g/mol. The first-order chi connectivity index (χ1) is 10.0. The van der Waals surface area contributed by atoms with Gasteiger partial charge in [0.05, 0.1) is 17.4 Å². The fraction of sp³-hybridized carbons (Fsp3) is 0.438. The van der Waals surface area contributed by atoms with Crippen LogP contribution in [0.4, 0.5) is 8.78 Å². The Bertz CT molecular complexity index is 635. The molecule has 0 aliphatic heterocycles. The Hall–Kier alpha value is -1.75. The molecule has 0 spiro atoms. The Kier molecular flexibility index (Phi) is 4.73. The highest BCUT2D eigenvalue weighted by Crippen LogP contribution is 2.27. The van der Waals surface area contributed by atoms with E-state index in [9.17, 15) is 8.78 Å². The number of nitrogens with zero attached hydrogens (tertiary/aromatic N) is 2. The number of hydrogen-bond acceptors (Lipinski definition) is 2.